The molecule has 1 N–H and O–H groups in total. The monoisotopic (exact) mass is 205 g/mol. The Kier molecular flexibility index (Phi) is 2.53. The van der Waals surface area contributed by atoms with E-state index in [4.69, 9.17) is 0 Å². The zero-order chi connectivity index (χ0) is 10.8. The lowest BCUT2D eigenvalue weighted by Crippen LogP contribution is -2.06. The van der Waals surface area contributed by atoms with E-state index < -0.39 is 0 Å². The molecule has 0 saturated carbocycles. The van der Waals surface area contributed by atoms with Crippen molar-refractivity contribution >= 4 is 11.6 Å². The van der Waals surface area contributed by atoms with Gasteiger partial charge in [0, 0.05) is 12.6 Å². The van der Waals surface area contributed by atoms with Gasteiger partial charge in [-0.2, -0.15) is 14.6 Å². The molecule has 0 aliphatic rings. The number of anilines is 1. The maximum Gasteiger partial charge on any atom is 0.227 e. The third kappa shape index (κ3) is 1.65. The van der Waals surface area contributed by atoms with E-state index in [1.54, 1.807) is 4.52 Å². The van der Waals surface area contributed by atoms with Crippen molar-refractivity contribution < 1.29 is 0 Å². The van der Waals surface area contributed by atoms with E-state index in [1.807, 2.05) is 20.2 Å². The van der Waals surface area contributed by atoms with Gasteiger partial charge in [0.05, 0.1) is 6.20 Å². The molecule has 0 saturated heterocycles. The molecular formula is C10H15N5. The lowest BCUT2D eigenvalue weighted by atomic mass is 10.2. The van der Waals surface area contributed by atoms with E-state index >= 15 is 0 Å². The van der Waals surface area contributed by atoms with Crippen molar-refractivity contribution in [1.82, 2.24) is 19.6 Å². The van der Waals surface area contributed by atoms with Crippen LogP contribution < -0.4 is 5.32 Å². The molecule has 0 spiro atoms. The van der Waals surface area contributed by atoms with Crippen molar-refractivity contribution in [1.29, 1.82) is 0 Å². The Morgan fingerprint density at radius 2 is 2.20 bits per heavy atom. The lowest BCUT2D eigenvalue weighted by Gasteiger charge is -2.03. The third-order valence-corrected chi connectivity index (χ3v) is 2.30. The highest BCUT2D eigenvalue weighted by atomic mass is 15.3. The van der Waals surface area contributed by atoms with Gasteiger partial charge in [0.25, 0.3) is 0 Å². The van der Waals surface area contributed by atoms with Gasteiger partial charge in [-0.05, 0) is 13.3 Å². The molecule has 2 rings (SSSR count). The Morgan fingerprint density at radius 1 is 1.40 bits per heavy atom. The van der Waals surface area contributed by atoms with E-state index in [1.165, 1.54) is 5.56 Å². The number of hydrogen-bond acceptors (Lipinski definition) is 4. The smallest absolute Gasteiger partial charge is 0.227 e. The van der Waals surface area contributed by atoms with Crippen LogP contribution in [0.2, 0.25) is 0 Å². The fourth-order valence-electron chi connectivity index (χ4n) is 1.64. The first-order chi connectivity index (χ1) is 7.26. The summed E-state index contributed by atoms with van der Waals surface area (Å²) >= 11 is 0. The van der Waals surface area contributed by atoms with Crippen LogP contribution in [-0.4, -0.2) is 26.6 Å². The summed E-state index contributed by atoms with van der Waals surface area (Å²) in [6.07, 6.45) is 3.97. The van der Waals surface area contributed by atoms with Crippen LogP contribution in [0.1, 0.15) is 24.7 Å². The molecule has 2 heterocycles. The van der Waals surface area contributed by atoms with Crippen LogP contribution in [0.25, 0.3) is 5.65 Å². The molecule has 0 atom stereocenters. The molecule has 0 bridgehead atoms. The van der Waals surface area contributed by atoms with E-state index in [0.717, 1.165) is 30.3 Å². The number of rotatable bonds is 3. The average molecular weight is 205 g/mol. The normalized spacial score (nSPS) is 10.9. The van der Waals surface area contributed by atoms with Gasteiger partial charge < -0.3 is 5.32 Å². The summed E-state index contributed by atoms with van der Waals surface area (Å²) in [6, 6.07) is 0. The Hall–Kier alpha value is -1.65. The van der Waals surface area contributed by atoms with Crippen molar-refractivity contribution in [2.45, 2.75) is 26.7 Å². The van der Waals surface area contributed by atoms with Gasteiger partial charge in [0.2, 0.25) is 5.95 Å². The minimum absolute atomic E-state index is 0.736. The summed E-state index contributed by atoms with van der Waals surface area (Å²) in [5.41, 5.74) is 2.09. The molecule has 0 radical (unpaired) electrons. The first-order valence-electron chi connectivity index (χ1n) is 5.15. The highest BCUT2D eigenvalue weighted by molar-refractivity contribution is 5.50. The summed E-state index contributed by atoms with van der Waals surface area (Å²) in [5, 5.41) is 7.29. The topological polar surface area (TPSA) is 55.1 Å². The Labute approximate surface area is 88.6 Å². The van der Waals surface area contributed by atoms with Gasteiger partial charge >= 0.3 is 0 Å². The minimum Gasteiger partial charge on any atom is -0.357 e. The molecule has 0 aromatic carbocycles. The Balaban J connectivity index is 2.64. The van der Waals surface area contributed by atoms with E-state index in [0.29, 0.717) is 0 Å². The zero-order valence-electron chi connectivity index (χ0n) is 9.28. The summed E-state index contributed by atoms with van der Waals surface area (Å²) in [6.45, 7) is 4.04. The fraction of sp³-hybridized carbons (Fsp3) is 0.500. The number of nitrogens with zero attached hydrogens (tertiary/aromatic N) is 4. The number of nitrogens with one attached hydrogen (secondary N) is 1. The minimum atomic E-state index is 0.736. The Bertz CT molecular complexity index is 474. The second kappa shape index (κ2) is 3.84. The van der Waals surface area contributed by atoms with Crippen LogP contribution in [0.3, 0.4) is 0 Å². The first kappa shape index (κ1) is 9.89. The van der Waals surface area contributed by atoms with Crippen LogP contribution in [-0.2, 0) is 6.42 Å². The van der Waals surface area contributed by atoms with Crippen molar-refractivity contribution in [3.63, 3.8) is 0 Å². The van der Waals surface area contributed by atoms with Gasteiger partial charge in [-0.1, -0.05) is 13.3 Å². The molecular weight excluding hydrogens is 190 g/mol. The third-order valence-electron chi connectivity index (χ3n) is 2.30. The van der Waals surface area contributed by atoms with Crippen LogP contribution in [0.5, 0.6) is 0 Å². The largest absolute Gasteiger partial charge is 0.357 e. The highest BCUT2D eigenvalue weighted by Gasteiger charge is 2.09. The van der Waals surface area contributed by atoms with Crippen LogP contribution in [0.4, 0.5) is 5.95 Å². The van der Waals surface area contributed by atoms with Crippen molar-refractivity contribution in [3.8, 4) is 0 Å². The number of aryl methyl sites for hydroxylation is 2. The molecule has 0 fully saturated rings. The van der Waals surface area contributed by atoms with Crippen molar-refractivity contribution in [3.05, 3.63) is 17.6 Å². The van der Waals surface area contributed by atoms with Gasteiger partial charge in [0.1, 0.15) is 5.82 Å². The van der Waals surface area contributed by atoms with Crippen molar-refractivity contribution in [2.75, 3.05) is 12.4 Å². The predicted octanol–water partition coefficient (Wildman–Crippen LogP) is 1.43. The molecule has 15 heavy (non-hydrogen) atoms. The molecule has 0 aliphatic heterocycles. The molecule has 2 aromatic rings. The number of aromatic nitrogens is 4. The van der Waals surface area contributed by atoms with E-state index in [-0.39, 0.29) is 0 Å². The maximum atomic E-state index is 4.41. The zero-order valence-corrected chi connectivity index (χ0v) is 9.28. The first-order valence-corrected chi connectivity index (χ1v) is 5.15. The number of fused-ring (bicyclic) bond motifs is 1. The fourth-order valence-corrected chi connectivity index (χ4v) is 1.64. The second-order valence-electron chi connectivity index (χ2n) is 3.50. The molecule has 0 aliphatic carbocycles. The van der Waals surface area contributed by atoms with Crippen LogP contribution in [0.15, 0.2) is 6.20 Å². The average Bonchev–Trinajstić information content (AvgIpc) is 2.61. The lowest BCUT2D eigenvalue weighted by molar-refractivity contribution is 0.874. The standard InChI is InChI=1S/C10H15N5/c1-4-5-8-6-12-15-9(8)13-7(2)14-10(15)11-3/h6H,4-5H2,1-3H3,(H,11,13,14). The summed E-state index contributed by atoms with van der Waals surface area (Å²) in [5.74, 6) is 1.50. The highest BCUT2D eigenvalue weighted by Crippen LogP contribution is 2.13. The molecule has 0 unspecified atom stereocenters. The molecule has 80 valence electrons. The maximum absolute atomic E-state index is 4.41. The predicted molar refractivity (Wildman–Crippen MR) is 59.1 cm³/mol. The molecule has 5 nitrogen and oxygen atoms in total. The van der Waals surface area contributed by atoms with E-state index in [2.05, 4.69) is 27.3 Å². The van der Waals surface area contributed by atoms with Gasteiger partial charge in [0.15, 0.2) is 5.65 Å². The van der Waals surface area contributed by atoms with Gasteiger partial charge in [-0.25, -0.2) is 4.98 Å². The molecule has 2 aromatic heterocycles. The SMILES string of the molecule is CCCc1cnn2c(NC)nc(C)nc12. The Morgan fingerprint density at radius 3 is 2.87 bits per heavy atom. The molecule has 0 amide bonds. The van der Waals surface area contributed by atoms with Crippen LogP contribution >= 0.6 is 0 Å². The summed E-state index contributed by atoms with van der Waals surface area (Å²) < 4.78 is 1.75. The summed E-state index contributed by atoms with van der Waals surface area (Å²) in [7, 11) is 1.84. The van der Waals surface area contributed by atoms with Crippen LogP contribution in [0, 0.1) is 6.92 Å². The quantitative estimate of drug-likeness (QED) is 0.823. The van der Waals surface area contributed by atoms with Crippen molar-refractivity contribution in [2.24, 2.45) is 0 Å². The summed E-state index contributed by atoms with van der Waals surface area (Å²) in [4.78, 5) is 8.68. The number of hydrogen-bond donors (Lipinski definition) is 1. The molecule has 5 heteroatoms. The second-order valence-corrected chi connectivity index (χ2v) is 3.50. The van der Waals surface area contributed by atoms with Gasteiger partial charge in [-0.15, -0.1) is 0 Å². The van der Waals surface area contributed by atoms with Gasteiger partial charge in [-0.3, -0.25) is 0 Å². The van der Waals surface area contributed by atoms with E-state index in [9.17, 15) is 0 Å².